The number of fused-ring (bicyclic) bond motifs is 1. The van der Waals surface area contributed by atoms with Gasteiger partial charge in [0, 0.05) is 22.8 Å². The summed E-state index contributed by atoms with van der Waals surface area (Å²) in [7, 11) is 0. The van der Waals surface area contributed by atoms with Crippen molar-refractivity contribution in [1.29, 1.82) is 0 Å². The maximum Gasteiger partial charge on any atom is 0.341 e. The molecular weight excluding hydrogens is 314 g/mol. The number of hydrogen-bond donors (Lipinski definition) is 2. The van der Waals surface area contributed by atoms with Crippen molar-refractivity contribution in [2.24, 2.45) is 0 Å². The van der Waals surface area contributed by atoms with Crippen LogP contribution in [0.5, 0.6) is 5.75 Å². The molecule has 0 heterocycles. The van der Waals surface area contributed by atoms with Crippen LogP contribution in [0.25, 0.3) is 10.8 Å². The Kier molecular flexibility index (Phi) is 5.19. The molecule has 0 radical (unpaired) electrons. The van der Waals surface area contributed by atoms with Crippen LogP contribution in [0.1, 0.15) is 18.9 Å². The van der Waals surface area contributed by atoms with Gasteiger partial charge in [-0.3, -0.25) is 0 Å². The van der Waals surface area contributed by atoms with E-state index in [0.29, 0.717) is 5.75 Å². The van der Waals surface area contributed by atoms with Gasteiger partial charge in [0.15, 0.2) is 6.61 Å². The molecule has 0 unspecified atom stereocenters. The summed E-state index contributed by atoms with van der Waals surface area (Å²) >= 11 is 0. The second-order valence-electron chi connectivity index (χ2n) is 5.95. The van der Waals surface area contributed by atoms with Crippen molar-refractivity contribution in [3.05, 3.63) is 66.2 Å². The lowest BCUT2D eigenvalue weighted by Crippen LogP contribution is -2.09. The molecule has 0 aliphatic rings. The lowest BCUT2D eigenvalue weighted by atomic mass is 10.0. The summed E-state index contributed by atoms with van der Waals surface area (Å²) in [5.41, 5.74) is 3.21. The van der Waals surface area contributed by atoms with Gasteiger partial charge < -0.3 is 15.2 Å². The molecular formula is C21H21NO3. The number of anilines is 2. The number of benzene rings is 3. The largest absolute Gasteiger partial charge is 0.482 e. The fraction of sp³-hybridized carbons (Fsp3) is 0.190. The van der Waals surface area contributed by atoms with E-state index in [2.05, 4.69) is 36.5 Å². The Morgan fingerprint density at radius 2 is 1.92 bits per heavy atom. The fourth-order valence-corrected chi connectivity index (χ4v) is 2.85. The molecule has 2 N–H and O–H groups in total. The number of aliphatic carboxylic acids is 1. The maximum absolute atomic E-state index is 10.6. The molecule has 4 nitrogen and oxygen atoms in total. The first-order chi connectivity index (χ1) is 12.2. The lowest BCUT2D eigenvalue weighted by molar-refractivity contribution is -0.139. The number of aryl methyl sites for hydroxylation is 1. The van der Waals surface area contributed by atoms with Crippen molar-refractivity contribution in [3.8, 4) is 5.75 Å². The van der Waals surface area contributed by atoms with E-state index in [1.807, 2.05) is 24.3 Å². The molecule has 0 atom stereocenters. The lowest BCUT2D eigenvalue weighted by Gasteiger charge is -2.12. The number of carboxylic acids is 1. The van der Waals surface area contributed by atoms with Crippen molar-refractivity contribution in [2.75, 3.05) is 11.9 Å². The Labute approximate surface area is 147 Å². The number of rotatable bonds is 7. The first-order valence-electron chi connectivity index (χ1n) is 8.39. The molecule has 3 aromatic rings. The van der Waals surface area contributed by atoms with Crippen molar-refractivity contribution in [1.82, 2.24) is 0 Å². The Hall–Kier alpha value is -3.01. The minimum atomic E-state index is -0.990. The zero-order valence-electron chi connectivity index (χ0n) is 14.2. The quantitative estimate of drug-likeness (QED) is 0.638. The Bertz CT molecular complexity index is 889. The third-order valence-corrected chi connectivity index (χ3v) is 3.96. The number of carboxylic acid groups (broad SMARTS) is 1. The van der Waals surface area contributed by atoms with E-state index in [-0.39, 0.29) is 6.61 Å². The summed E-state index contributed by atoms with van der Waals surface area (Å²) in [5, 5.41) is 14.5. The van der Waals surface area contributed by atoms with Crippen molar-refractivity contribution in [2.45, 2.75) is 19.8 Å². The summed E-state index contributed by atoms with van der Waals surface area (Å²) in [6.45, 7) is 1.83. The van der Waals surface area contributed by atoms with Crippen LogP contribution in [-0.2, 0) is 11.2 Å². The minimum absolute atomic E-state index is 0.349. The normalized spacial score (nSPS) is 10.6. The van der Waals surface area contributed by atoms with Gasteiger partial charge in [-0.1, -0.05) is 49.7 Å². The van der Waals surface area contributed by atoms with E-state index < -0.39 is 5.97 Å². The van der Waals surface area contributed by atoms with E-state index >= 15 is 0 Å². The van der Waals surface area contributed by atoms with E-state index in [9.17, 15) is 4.79 Å². The van der Waals surface area contributed by atoms with E-state index in [1.54, 1.807) is 12.1 Å². The summed E-state index contributed by atoms with van der Waals surface area (Å²) in [6, 6.07) is 20.0. The molecule has 3 rings (SSSR count). The highest BCUT2D eigenvalue weighted by Gasteiger charge is 2.05. The summed E-state index contributed by atoms with van der Waals surface area (Å²) in [4.78, 5) is 10.6. The third-order valence-electron chi connectivity index (χ3n) is 3.96. The zero-order chi connectivity index (χ0) is 17.6. The molecule has 0 fully saturated rings. The first-order valence-corrected chi connectivity index (χ1v) is 8.39. The molecule has 0 spiro atoms. The molecule has 0 saturated carbocycles. The average molecular weight is 335 g/mol. The van der Waals surface area contributed by atoms with Gasteiger partial charge in [0.05, 0.1) is 0 Å². The first kappa shape index (κ1) is 16.8. The molecule has 0 saturated heterocycles. The maximum atomic E-state index is 10.6. The van der Waals surface area contributed by atoms with Crippen LogP contribution in [0.2, 0.25) is 0 Å². The van der Waals surface area contributed by atoms with Gasteiger partial charge in [-0.05, 0) is 35.6 Å². The van der Waals surface area contributed by atoms with Gasteiger partial charge in [-0.15, -0.1) is 0 Å². The second kappa shape index (κ2) is 7.71. The smallest absolute Gasteiger partial charge is 0.341 e. The fourth-order valence-electron chi connectivity index (χ4n) is 2.85. The minimum Gasteiger partial charge on any atom is -0.482 e. The summed E-state index contributed by atoms with van der Waals surface area (Å²) < 4.78 is 5.24. The third kappa shape index (κ3) is 4.29. The van der Waals surface area contributed by atoms with Crippen LogP contribution in [-0.4, -0.2) is 17.7 Å². The van der Waals surface area contributed by atoms with Crippen molar-refractivity contribution in [3.63, 3.8) is 0 Å². The topological polar surface area (TPSA) is 58.6 Å². The van der Waals surface area contributed by atoms with Crippen molar-refractivity contribution < 1.29 is 14.6 Å². The number of carbonyl (C=O) groups is 1. The van der Waals surface area contributed by atoms with E-state index in [0.717, 1.165) is 29.6 Å². The highest BCUT2D eigenvalue weighted by atomic mass is 16.5. The van der Waals surface area contributed by atoms with Crippen LogP contribution in [0, 0.1) is 0 Å². The standard InChI is InChI=1S/C21H21NO3/c1-2-5-15-10-11-19-16(12-15)6-3-9-20(19)22-17-7-4-8-18(13-17)25-14-21(23)24/h3-4,6-13,22H,2,5,14H2,1H3,(H,23,24). The molecule has 0 aliphatic heterocycles. The molecule has 0 bridgehead atoms. The van der Waals surface area contributed by atoms with Gasteiger partial charge in [-0.2, -0.15) is 0 Å². The van der Waals surface area contributed by atoms with E-state index in [4.69, 9.17) is 9.84 Å². The molecule has 4 heteroatoms. The molecule has 0 aliphatic carbocycles. The van der Waals surface area contributed by atoms with Gasteiger partial charge in [-0.25, -0.2) is 4.79 Å². The van der Waals surface area contributed by atoms with Crippen molar-refractivity contribution >= 4 is 28.1 Å². The van der Waals surface area contributed by atoms with Crippen LogP contribution in [0.4, 0.5) is 11.4 Å². The molecule has 128 valence electrons. The van der Waals surface area contributed by atoms with Gasteiger partial charge in [0.25, 0.3) is 0 Å². The Morgan fingerprint density at radius 1 is 1.08 bits per heavy atom. The summed E-state index contributed by atoms with van der Waals surface area (Å²) in [6.07, 6.45) is 2.21. The van der Waals surface area contributed by atoms with Gasteiger partial charge in [0.1, 0.15) is 5.75 Å². The van der Waals surface area contributed by atoms with Crippen LogP contribution in [0.15, 0.2) is 60.7 Å². The average Bonchev–Trinajstić information content (AvgIpc) is 2.61. The highest BCUT2D eigenvalue weighted by molar-refractivity contribution is 5.95. The zero-order valence-corrected chi connectivity index (χ0v) is 14.2. The Balaban J connectivity index is 1.85. The second-order valence-corrected chi connectivity index (χ2v) is 5.95. The number of ether oxygens (including phenoxy) is 1. The Morgan fingerprint density at radius 3 is 2.72 bits per heavy atom. The van der Waals surface area contributed by atoms with Gasteiger partial charge >= 0.3 is 5.97 Å². The number of hydrogen-bond acceptors (Lipinski definition) is 3. The molecule has 0 aromatic heterocycles. The predicted octanol–water partition coefficient (Wildman–Crippen LogP) is 5.00. The molecule has 25 heavy (non-hydrogen) atoms. The highest BCUT2D eigenvalue weighted by Crippen LogP contribution is 2.29. The number of nitrogens with one attached hydrogen (secondary N) is 1. The molecule has 3 aromatic carbocycles. The van der Waals surface area contributed by atoms with E-state index in [1.165, 1.54) is 10.9 Å². The van der Waals surface area contributed by atoms with Crippen LogP contribution >= 0.6 is 0 Å². The SMILES string of the molecule is CCCc1ccc2c(Nc3cccc(OCC(=O)O)c3)cccc2c1. The van der Waals surface area contributed by atoms with Gasteiger partial charge in [0.2, 0.25) is 0 Å². The van der Waals surface area contributed by atoms with Crippen LogP contribution in [0.3, 0.4) is 0 Å². The monoisotopic (exact) mass is 335 g/mol. The molecule has 0 amide bonds. The van der Waals surface area contributed by atoms with Crippen LogP contribution < -0.4 is 10.1 Å². The summed E-state index contributed by atoms with van der Waals surface area (Å²) in [5.74, 6) is -0.465. The predicted molar refractivity (Wildman–Crippen MR) is 101 cm³/mol.